The van der Waals surface area contributed by atoms with Gasteiger partial charge in [-0.1, -0.05) is 44.2 Å². The molecular formula is C15H15N. The summed E-state index contributed by atoms with van der Waals surface area (Å²) in [6, 6.07) is 12.9. The highest BCUT2D eigenvalue weighted by molar-refractivity contribution is 5.77. The van der Waals surface area contributed by atoms with Crippen molar-refractivity contribution >= 4 is 0 Å². The van der Waals surface area contributed by atoms with Crippen molar-refractivity contribution in [1.82, 2.24) is 4.98 Å². The van der Waals surface area contributed by atoms with Crippen molar-refractivity contribution in [2.75, 3.05) is 0 Å². The Morgan fingerprint density at radius 1 is 0.938 bits per heavy atom. The molecule has 16 heavy (non-hydrogen) atoms. The van der Waals surface area contributed by atoms with E-state index in [9.17, 15) is 0 Å². The van der Waals surface area contributed by atoms with Gasteiger partial charge in [-0.25, -0.2) is 0 Å². The molecule has 0 saturated heterocycles. The van der Waals surface area contributed by atoms with E-state index in [1.54, 1.807) is 0 Å². The van der Waals surface area contributed by atoms with Crippen LogP contribution in [0.3, 0.4) is 0 Å². The van der Waals surface area contributed by atoms with E-state index in [1.807, 2.05) is 6.92 Å². The SMILES string of the molecule is Cc1ccc2c(n1)-c1ccccc1C2(C)C. The molecule has 3 rings (SSSR count). The van der Waals surface area contributed by atoms with Crippen molar-refractivity contribution in [2.45, 2.75) is 26.2 Å². The molecule has 1 aliphatic carbocycles. The van der Waals surface area contributed by atoms with E-state index >= 15 is 0 Å². The Bertz CT molecular complexity index is 567. The first kappa shape index (κ1) is 9.59. The molecular weight excluding hydrogens is 194 g/mol. The number of hydrogen-bond donors (Lipinski definition) is 0. The molecule has 0 fully saturated rings. The molecule has 0 bridgehead atoms. The molecule has 1 aromatic heterocycles. The van der Waals surface area contributed by atoms with Crippen LogP contribution in [-0.2, 0) is 5.41 Å². The summed E-state index contributed by atoms with van der Waals surface area (Å²) in [6.45, 7) is 6.59. The molecule has 1 aliphatic rings. The predicted molar refractivity (Wildman–Crippen MR) is 66.5 cm³/mol. The molecule has 2 aromatic rings. The third-order valence-electron chi connectivity index (χ3n) is 3.56. The van der Waals surface area contributed by atoms with Crippen molar-refractivity contribution < 1.29 is 0 Å². The fraction of sp³-hybridized carbons (Fsp3) is 0.267. The summed E-state index contributed by atoms with van der Waals surface area (Å²) in [4.78, 5) is 4.69. The molecule has 0 amide bonds. The molecule has 0 radical (unpaired) electrons. The first-order chi connectivity index (χ1) is 7.60. The van der Waals surface area contributed by atoms with Gasteiger partial charge >= 0.3 is 0 Å². The monoisotopic (exact) mass is 209 g/mol. The van der Waals surface area contributed by atoms with Crippen LogP contribution in [0.1, 0.15) is 30.7 Å². The van der Waals surface area contributed by atoms with E-state index in [-0.39, 0.29) is 5.41 Å². The van der Waals surface area contributed by atoms with Crippen molar-refractivity contribution in [3.8, 4) is 11.3 Å². The number of nitrogens with zero attached hydrogens (tertiary/aromatic N) is 1. The molecule has 0 unspecified atom stereocenters. The maximum absolute atomic E-state index is 4.69. The molecule has 0 atom stereocenters. The zero-order valence-corrected chi connectivity index (χ0v) is 9.91. The van der Waals surface area contributed by atoms with E-state index in [0.717, 1.165) is 5.69 Å². The molecule has 1 heteroatoms. The van der Waals surface area contributed by atoms with Crippen LogP contribution in [0.4, 0.5) is 0 Å². The minimum atomic E-state index is 0.0899. The molecule has 1 nitrogen and oxygen atoms in total. The lowest BCUT2D eigenvalue weighted by Gasteiger charge is -2.20. The van der Waals surface area contributed by atoms with Gasteiger partial charge in [0.1, 0.15) is 0 Å². The van der Waals surface area contributed by atoms with Gasteiger partial charge in [0.2, 0.25) is 0 Å². The minimum Gasteiger partial charge on any atom is -0.253 e. The number of aryl methyl sites for hydroxylation is 1. The predicted octanol–water partition coefficient (Wildman–Crippen LogP) is 3.70. The average Bonchev–Trinajstić information content (AvgIpc) is 2.49. The number of benzene rings is 1. The molecule has 1 aromatic carbocycles. The van der Waals surface area contributed by atoms with Crippen LogP contribution in [0.15, 0.2) is 36.4 Å². The topological polar surface area (TPSA) is 12.9 Å². The maximum atomic E-state index is 4.69. The van der Waals surface area contributed by atoms with E-state index in [2.05, 4.69) is 50.2 Å². The Morgan fingerprint density at radius 2 is 1.69 bits per heavy atom. The van der Waals surface area contributed by atoms with Gasteiger partial charge in [-0.15, -0.1) is 0 Å². The molecule has 0 aliphatic heterocycles. The van der Waals surface area contributed by atoms with Crippen molar-refractivity contribution in [1.29, 1.82) is 0 Å². The lowest BCUT2D eigenvalue weighted by atomic mass is 9.83. The summed E-state index contributed by atoms with van der Waals surface area (Å²) in [7, 11) is 0. The standard InChI is InChI=1S/C15H15N/c1-10-8-9-13-14(16-10)11-6-4-5-7-12(11)15(13,2)3/h4-9H,1-3H3. The van der Waals surface area contributed by atoms with E-state index in [1.165, 1.54) is 22.4 Å². The summed E-state index contributed by atoms with van der Waals surface area (Å²) < 4.78 is 0. The van der Waals surface area contributed by atoms with E-state index in [4.69, 9.17) is 4.98 Å². The highest BCUT2D eigenvalue weighted by Gasteiger charge is 2.35. The number of hydrogen-bond acceptors (Lipinski definition) is 1. The van der Waals surface area contributed by atoms with Crippen LogP contribution in [0.5, 0.6) is 0 Å². The summed E-state index contributed by atoms with van der Waals surface area (Å²) in [6.07, 6.45) is 0. The number of rotatable bonds is 0. The quantitative estimate of drug-likeness (QED) is 0.644. The van der Waals surface area contributed by atoms with Crippen molar-refractivity contribution in [2.24, 2.45) is 0 Å². The number of fused-ring (bicyclic) bond motifs is 3. The van der Waals surface area contributed by atoms with Crippen LogP contribution in [-0.4, -0.2) is 4.98 Å². The van der Waals surface area contributed by atoms with Gasteiger partial charge in [-0.3, -0.25) is 4.98 Å². The van der Waals surface area contributed by atoms with Gasteiger partial charge in [0.25, 0.3) is 0 Å². The second-order valence-corrected chi connectivity index (χ2v) is 5.02. The van der Waals surface area contributed by atoms with Gasteiger partial charge in [-0.2, -0.15) is 0 Å². The van der Waals surface area contributed by atoms with Crippen molar-refractivity contribution in [3.05, 3.63) is 53.2 Å². The van der Waals surface area contributed by atoms with Crippen LogP contribution in [0.25, 0.3) is 11.3 Å². The first-order valence-electron chi connectivity index (χ1n) is 5.69. The third kappa shape index (κ3) is 1.09. The fourth-order valence-corrected chi connectivity index (χ4v) is 2.65. The Labute approximate surface area is 96.2 Å². The van der Waals surface area contributed by atoms with Gasteiger partial charge < -0.3 is 0 Å². The van der Waals surface area contributed by atoms with Crippen LogP contribution in [0.2, 0.25) is 0 Å². The zero-order valence-electron chi connectivity index (χ0n) is 9.91. The first-order valence-corrected chi connectivity index (χ1v) is 5.69. The summed E-state index contributed by atoms with van der Waals surface area (Å²) in [5.74, 6) is 0. The largest absolute Gasteiger partial charge is 0.253 e. The molecule has 80 valence electrons. The highest BCUT2D eigenvalue weighted by atomic mass is 14.7. The summed E-state index contributed by atoms with van der Waals surface area (Å²) >= 11 is 0. The lowest BCUT2D eigenvalue weighted by Crippen LogP contribution is -2.14. The number of aromatic nitrogens is 1. The Kier molecular flexibility index (Phi) is 1.76. The normalized spacial score (nSPS) is 15.7. The molecule has 0 saturated carbocycles. The Balaban J connectivity index is 2.40. The smallest absolute Gasteiger partial charge is 0.0749 e. The lowest BCUT2D eigenvalue weighted by molar-refractivity contribution is 0.658. The minimum absolute atomic E-state index is 0.0899. The van der Waals surface area contributed by atoms with E-state index in [0.29, 0.717) is 0 Å². The fourth-order valence-electron chi connectivity index (χ4n) is 2.65. The van der Waals surface area contributed by atoms with Gasteiger partial charge in [-0.05, 0) is 24.1 Å². The zero-order chi connectivity index (χ0) is 11.3. The second-order valence-electron chi connectivity index (χ2n) is 5.02. The molecule has 0 spiro atoms. The third-order valence-corrected chi connectivity index (χ3v) is 3.56. The van der Waals surface area contributed by atoms with Crippen LogP contribution in [0, 0.1) is 6.92 Å². The van der Waals surface area contributed by atoms with Crippen LogP contribution >= 0.6 is 0 Å². The van der Waals surface area contributed by atoms with Crippen molar-refractivity contribution in [3.63, 3.8) is 0 Å². The van der Waals surface area contributed by atoms with Gasteiger partial charge in [0.15, 0.2) is 0 Å². The van der Waals surface area contributed by atoms with Gasteiger partial charge in [0.05, 0.1) is 5.69 Å². The average molecular weight is 209 g/mol. The Morgan fingerprint density at radius 3 is 2.50 bits per heavy atom. The Hall–Kier alpha value is -1.63. The summed E-state index contributed by atoms with van der Waals surface area (Å²) in [5, 5.41) is 0. The second kappa shape index (κ2) is 2.94. The maximum Gasteiger partial charge on any atom is 0.0749 e. The van der Waals surface area contributed by atoms with E-state index < -0.39 is 0 Å². The number of pyridine rings is 1. The summed E-state index contributed by atoms with van der Waals surface area (Å²) in [5.41, 5.74) is 6.38. The van der Waals surface area contributed by atoms with Gasteiger partial charge in [0, 0.05) is 16.7 Å². The molecule has 1 heterocycles. The van der Waals surface area contributed by atoms with Crippen LogP contribution < -0.4 is 0 Å². The molecule has 0 N–H and O–H groups in total. The highest BCUT2D eigenvalue weighted by Crippen LogP contribution is 2.47.